The van der Waals surface area contributed by atoms with Gasteiger partial charge in [0.25, 0.3) is 5.91 Å². The summed E-state index contributed by atoms with van der Waals surface area (Å²) in [4.78, 5) is 23.0. The average molecular weight is 354 g/mol. The van der Waals surface area contributed by atoms with E-state index in [1.807, 2.05) is 0 Å². The summed E-state index contributed by atoms with van der Waals surface area (Å²) in [5.41, 5.74) is 0.947. The number of carboxylic acids is 1. The number of sulfonamides is 1. The summed E-state index contributed by atoms with van der Waals surface area (Å²) in [5, 5.41) is 11.5. The normalized spacial score (nSPS) is 25.6. The molecule has 0 radical (unpaired) electrons. The zero-order chi connectivity index (χ0) is 17.3. The Bertz CT molecular complexity index is 763. The molecule has 8 nitrogen and oxygen atoms in total. The Kier molecular flexibility index (Phi) is 4.46. The zero-order valence-electron chi connectivity index (χ0n) is 12.8. The maximum Gasteiger partial charge on any atom is 0.332 e. The number of hydrogen-bond acceptors (Lipinski definition) is 5. The van der Waals surface area contributed by atoms with E-state index in [-0.39, 0.29) is 5.75 Å². The number of rotatable bonds is 4. The largest absolute Gasteiger partial charge is 0.479 e. The molecule has 0 aliphatic carbocycles. The van der Waals surface area contributed by atoms with E-state index in [0.29, 0.717) is 37.2 Å². The number of hydrogen-bond donors (Lipinski definition) is 2. The number of carboxylic acid groups (broad SMARTS) is 1. The minimum absolute atomic E-state index is 0.121. The molecule has 2 N–H and O–H groups in total. The molecule has 0 bridgehead atoms. The number of benzene rings is 1. The molecule has 9 heteroatoms. The summed E-state index contributed by atoms with van der Waals surface area (Å²) >= 11 is 0. The van der Waals surface area contributed by atoms with Gasteiger partial charge >= 0.3 is 5.97 Å². The standard InChI is InChI=1S/C15H18N2O6S/c18-14(12-5-6-13(23-12)15(19)20)16-10-3-1-4-11(9-10)17-7-2-8-24(17,21)22/h1,3-4,9,12-13H,2,5-8H2,(H,16,18)(H,19,20)/t12-,13+/m0/s1. The van der Waals surface area contributed by atoms with Gasteiger partial charge in [-0.25, -0.2) is 13.2 Å². The van der Waals surface area contributed by atoms with Crippen LogP contribution in [0.3, 0.4) is 0 Å². The van der Waals surface area contributed by atoms with Crippen LogP contribution in [-0.4, -0.2) is 49.9 Å². The van der Waals surface area contributed by atoms with E-state index in [0.717, 1.165) is 0 Å². The van der Waals surface area contributed by atoms with Crippen molar-refractivity contribution in [1.29, 1.82) is 0 Å². The Morgan fingerprint density at radius 3 is 2.62 bits per heavy atom. The second-order valence-electron chi connectivity index (χ2n) is 5.81. The number of carbonyl (C=O) groups excluding carboxylic acids is 1. The van der Waals surface area contributed by atoms with Crippen molar-refractivity contribution >= 4 is 33.3 Å². The van der Waals surface area contributed by atoms with E-state index in [1.54, 1.807) is 24.3 Å². The molecule has 2 atom stereocenters. The molecule has 2 saturated heterocycles. The fourth-order valence-electron chi connectivity index (χ4n) is 2.90. The zero-order valence-corrected chi connectivity index (χ0v) is 13.7. The van der Waals surface area contributed by atoms with Crippen LogP contribution in [0.15, 0.2) is 24.3 Å². The van der Waals surface area contributed by atoms with Gasteiger partial charge < -0.3 is 15.2 Å². The molecule has 1 aromatic carbocycles. The Balaban J connectivity index is 1.69. The highest BCUT2D eigenvalue weighted by atomic mass is 32.2. The third-order valence-electron chi connectivity index (χ3n) is 4.09. The number of amides is 1. The monoisotopic (exact) mass is 354 g/mol. The second kappa shape index (κ2) is 6.40. The molecule has 2 fully saturated rings. The summed E-state index contributed by atoms with van der Waals surface area (Å²) in [5.74, 6) is -1.39. The maximum atomic E-state index is 12.2. The van der Waals surface area contributed by atoms with E-state index in [1.165, 1.54) is 4.31 Å². The van der Waals surface area contributed by atoms with Crippen LogP contribution >= 0.6 is 0 Å². The topological polar surface area (TPSA) is 113 Å². The molecule has 2 aliphatic heterocycles. The summed E-state index contributed by atoms with van der Waals surface area (Å²) in [7, 11) is -3.29. The van der Waals surface area contributed by atoms with Crippen LogP contribution in [-0.2, 0) is 24.3 Å². The van der Waals surface area contributed by atoms with Crippen LogP contribution in [0.25, 0.3) is 0 Å². The molecule has 2 heterocycles. The number of ether oxygens (including phenoxy) is 1. The fraction of sp³-hybridized carbons (Fsp3) is 0.467. The Morgan fingerprint density at radius 1 is 1.25 bits per heavy atom. The highest BCUT2D eigenvalue weighted by Gasteiger charge is 2.35. The lowest BCUT2D eigenvalue weighted by Gasteiger charge is -2.18. The van der Waals surface area contributed by atoms with E-state index in [2.05, 4.69) is 5.32 Å². The predicted octanol–water partition coefficient (Wildman–Crippen LogP) is 0.797. The molecule has 2 aliphatic rings. The molecule has 130 valence electrons. The van der Waals surface area contributed by atoms with E-state index < -0.39 is 34.1 Å². The third-order valence-corrected chi connectivity index (χ3v) is 5.96. The molecule has 0 aromatic heterocycles. The molecular formula is C15H18N2O6S. The van der Waals surface area contributed by atoms with Crippen molar-refractivity contribution in [3.63, 3.8) is 0 Å². The van der Waals surface area contributed by atoms with Gasteiger partial charge in [0.05, 0.1) is 11.4 Å². The van der Waals surface area contributed by atoms with Crippen molar-refractivity contribution in [2.45, 2.75) is 31.5 Å². The van der Waals surface area contributed by atoms with Gasteiger partial charge in [0.15, 0.2) is 6.10 Å². The molecule has 0 spiro atoms. The molecule has 0 saturated carbocycles. The van der Waals surface area contributed by atoms with Gasteiger partial charge in [0.2, 0.25) is 10.0 Å². The smallest absolute Gasteiger partial charge is 0.332 e. The van der Waals surface area contributed by atoms with Crippen LogP contribution in [0.4, 0.5) is 11.4 Å². The maximum absolute atomic E-state index is 12.2. The second-order valence-corrected chi connectivity index (χ2v) is 7.82. The van der Waals surface area contributed by atoms with Crippen molar-refractivity contribution in [3.05, 3.63) is 24.3 Å². The first-order valence-electron chi connectivity index (χ1n) is 7.66. The van der Waals surface area contributed by atoms with Gasteiger partial charge in [-0.05, 0) is 37.5 Å². The first-order chi connectivity index (χ1) is 11.4. The van der Waals surface area contributed by atoms with Crippen LogP contribution in [0.1, 0.15) is 19.3 Å². The first kappa shape index (κ1) is 16.7. The van der Waals surface area contributed by atoms with Gasteiger partial charge in [-0.3, -0.25) is 9.10 Å². The van der Waals surface area contributed by atoms with Crippen LogP contribution in [0, 0.1) is 0 Å². The van der Waals surface area contributed by atoms with Crippen molar-refractivity contribution in [2.24, 2.45) is 0 Å². The van der Waals surface area contributed by atoms with Gasteiger partial charge in [-0.2, -0.15) is 0 Å². The number of anilines is 2. The summed E-state index contributed by atoms with van der Waals surface area (Å²) < 4.78 is 30.5. The van der Waals surface area contributed by atoms with Crippen LogP contribution in [0.2, 0.25) is 0 Å². The van der Waals surface area contributed by atoms with Crippen molar-refractivity contribution in [2.75, 3.05) is 21.9 Å². The highest BCUT2D eigenvalue weighted by molar-refractivity contribution is 7.93. The fourth-order valence-corrected chi connectivity index (χ4v) is 4.46. The van der Waals surface area contributed by atoms with Crippen molar-refractivity contribution in [1.82, 2.24) is 0 Å². The first-order valence-corrected chi connectivity index (χ1v) is 9.27. The SMILES string of the molecule is O=C(Nc1cccc(N2CCCS2(=O)=O)c1)[C@@H]1CC[C@H](C(=O)O)O1. The minimum atomic E-state index is -3.29. The molecule has 24 heavy (non-hydrogen) atoms. The minimum Gasteiger partial charge on any atom is -0.479 e. The Labute approximate surface area is 139 Å². The van der Waals surface area contributed by atoms with Crippen LogP contribution in [0.5, 0.6) is 0 Å². The Hall–Kier alpha value is -2.13. The number of aliphatic carboxylic acids is 1. The summed E-state index contributed by atoms with van der Waals surface area (Å²) in [6.45, 7) is 0.422. The van der Waals surface area contributed by atoms with E-state index in [9.17, 15) is 18.0 Å². The number of nitrogens with zero attached hydrogens (tertiary/aromatic N) is 1. The van der Waals surface area contributed by atoms with E-state index >= 15 is 0 Å². The lowest BCUT2D eigenvalue weighted by Crippen LogP contribution is -2.30. The quantitative estimate of drug-likeness (QED) is 0.827. The van der Waals surface area contributed by atoms with Gasteiger partial charge in [-0.1, -0.05) is 6.07 Å². The molecule has 0 unspecified atom stereocenters. The number of carbonyl (C=O) groups is 2. The summed E-state index contributed by atoms with van der Waals surface area (Å²) in [6.07, 6.45) is -0.569. The molecule has 1 amide bonds. The molecule has 1 aromatic rings. The van der Waals surface area contributed by atoms with Gasteiger partial charge in [0.1, 0.15) is 6.10 Å². The lowest BCUT2D eigenvalue weighted by molar-refractivity contribution is -0.150. The average Bonchev–Trinajstić information content (AvgIpc) is 3.14. The lowest BCUT2D eigenvalue weighted by atomic mass is 10.2. The number of nitrogens with one attached hydrogen (secondary N) is 1. The third kappa shape index (κ3) is 3.36. The predicted molar refractivity (Wildman–Crippen MR) is 86.4 cm³/mol. The van der Waals surface area contributed by atoms with Crippen molar-refractivity contribution < 1.29 is 27.9 Å². The molecular weight excluding hydrogens is 336 g/mol. The Morgan fingerprint density at radius 2 is 2.00 bits per heavy atom. The van der Waals surface area contributed by atoms with Gasteiger partial charge in [-0.15, -0.1) is 0 Å². The summed E-state index contributed by atoms with van der Waals surface area (Å²) in [6, 6.07) is 6.57. The highest BCUT2D eigenvalue weighted by Crippen LogP contribution is 2.27. The van der Waals surface area contributed by atoms with Gasteiger partial charge in [0, 0.05) is 12.2 Å². The van der Waals surface area contributed by atoms with E-state index in [4.69, 9.17) is 9.84 Å². The van der Waals surface area contributed by atoms with Crippen molar-refractivity contribution in [3.8, 4) is 0 Å². The van der Waals surface area contributed by atoms with Crippen LogP contribution < -0.4 is 9.62 Å². The molecule has 3 rings (SSSR count).